The van der Waals surface area contributed by atoms with Crippen LogP contribution in [0.15, 0.2) is 18.2 Å². The highest BCUT2D eigenvalue weighted by atomic mass is 19.1. The van der Waals surface area contributed by atoms with Crippen molar-refractivity contribution in [2.24, 2.45) is 5.92 Å². The number of hydrogen-bond acceptors (Lipinski definition) is 3. The Morgan fingerprint density at radius 2 is 2.00 bits per heavy atom. The Morgan fingerprint density at radius 3 is 2.59 bits per heavy atom. The molecule has 0 aliphatic heterocycles. The Labute approximate surface area is 129 Å². The van der Waals surface area contributed by atoms with Crippen LogP contribution < -0.4 is 10.6 Å². The molecule has 5 nitrogen and oxygen atoms in total. The summed E-state index contributed by atoms with van der Waals surface area (Å²) in [6.45, 7) is 7.07. The smallest absolute Gasteiger partial charge is 0.313 e. The molecule has 1 aromatic carbocycles. The minimum absolute atomic E-state index is 0.0266. The summed E-state index contributed by atoms with van der Waals surface area (Å²) in [5, 5.41) is 14.9. The monoisotopic (exact) mass is 310 g/mol. The van der Waals surface area contributed by atoms with Crippen molar-refractivity contribution in [3.63, 3.8) is 0 Å². The summed E-state index contributed by atoms with van der Waals surface area (Å²) in [7, 11) is 0. The lowest BCUT2D eigenvalue weighted by Crippen LogP contribution is -2.47. The first-order valence-corrected chi connectivity index (χ1v) is 7.25. The number of hydrogen-bond donors (Lipinski definition) is 3. The van der Waals surface area contributed by atoms with Gasteiger partial charge < -0.3 is 15.7 Å². The highest BCUT2D eigenvalue weighted by Gasteiger charge is 2.28. The van der Waals surface area contributed by atoms with Crippen LogP contribution in [0.5, 0.6) is 0 Å². The van der Waals surface area contributed by atoms with Gasteiger partial charge in [0.15, 0.2) is 0 Å². The molecule has 0 aromatic heterocycles. The molecule has 1 rings (SSSR count). The highest BCUT2D eigenvalue weighted by molar-refractivity contribution is 6.39. The van der Waals surface area contributed by atoms with E-state index in [-0.39, 0.29) is 18.2 Å². The van der Waals surface area contributed by atoms with Gasteiger partial charge in [-0.25, -0.2) is 4.39 Å². The lowest BCUT2D eigenvalue weighted by molar-refractivity contribution is -0.137. The minimum atomic E-state index is -1.10. The Hall–Kier alpha value is -1.95. The van der Waals surface area contributed by atoms with Crippen molar-refractivity contribution in [1.82, 2.24) is 5.32 Å². The molecule has 0 aliphatic rings. The number of nitrogens with one attached hydrogen (secondary N) is 2. The van der Waals surface area contributed by atoms with Gasteiger partial charge in [0.1, 0.15) is 5.82 Å². The maximum atomic E-state index is 13.1. The number of halogens is 1. The van der Waals surface area contributed by atoms with Crippen LogP contribution in [-0.2, 0) is 9.59 Å². The minimum Gasteiger partial charge on any atom is -0.388 e. The van der Waals surface area contributed by atoms with Crippen molar-refractivity contribution in [3.8, 4) is 0 Å². The Balaban J connectivity index is 2.63. The van der Waals surface area contributed by atoms with E-state index in [4.69, 9.17) is 0 Å². The average molecular weight is 310 g/mol. The van der Waals surface area contributed by atoms with Crippen LogP contribution in [0.1, 0.15) is 32.8 Å². The number of benzene rings is 1. The van der Waals surface area contributed by atoms with Gasteiger partial charge in [-0.15, -0.1) is 0 Å². The molecule has 122 valence electrons. The molecule has 2 atom stereocenters. The second-order valence-corrected chi connectivity index (χ2v) is 5.76. The van der Waals surface area contributed by atoms with Crippen molar-refractivity contribution in [2.75, 3.05) is 11.9 Å². The Kier molecular flexibility index (Phi) is 6.05. The van der Waals surface area contributed by atoms with Crippen LogP contribution in [-0.4, -0.2) is 29.1 Å². The van der Waals surface area contributed by atoms with Crippen LogP contribution >= 0.6 is 0 Å². The number of amides is 2. The third-order valence-corrected chi connectivity index (χ3v) is 3.93. The molecule has 6 heteroatoms. The molecular weight excluding hydrogens is 287 g/mol. The largest absolute Gasteiger partial charge is 0.388 e. The highest BCUT2D eigenvalue weighted by Crippen LogP contribution is 2.19. The summed E-state index contributed by atoms with van der Waals surface area (Å²) in [6.07, 6.45) is 0.748. The molecule has 0 fully saturated rings. The fourth-order valence-electron chi connectivity index (χ4n) is 1.86. The van der Waals surface area contributed by atoms with Crippen LogP contribution in [0.3, 0.4) is 0 Å². The molecule has 0 spiro atoms. The molecule has 0 radical (unpaired) electrons. The molecule has 0 bridgehead atoms. The van der Waals surface area contributed by atoms with E-state index in [0.717, 1.165) is 12.5 Å². The molecule has 0 aliphatic carbocycles. The van der Waals surface area contributed by atoms with E-state index in [1.807, 2.05) is 13.8 Å². The average Bonchev–Trinajstić information content (AvgIpc) is 2.47. The van der Waals surface area contributed by atoms with Gasteiger partial charge >= 0.3 is 11.8 Å². The molecular formula is C16H23FN2O3. The number of aryl methyl sites for hydroxylation is 1. The lowest BCUT2D eigenvalue weighted by atomic mass is 9.89. The van der Waals surface area contributed by atoms with E-state index in [9.17, 15) is 19.1 Å². The Morgan fingerprint density at radius 1 is 1.36 bits per heavy atom. The maximum Gasteiger partial charge on any atom is 0.313 e. The summed E-state index contributed by atoms with van der Waals surface area (Å²) in [4.78, 5) is 23.6. The molecule has 2 amide bonds. The van der Waals surface area contributed by atoms with E-state index in [1.54, 1.807) is 13.8 Å². The Bertz CT molecular complexity index is 558. The van der Waals surface area contributed by atoms with Crippen LogP contribution in [0.2, 0.25) is 0 Å². The molecule has 3 N–H and O–H groups in total. The summed E-state index contributed by atoms with van der Waals surface area (Å²) in [5.41, 5.74) is -0.206. The fourth-order valence-corrected chi connectivity index (χ4v) is 1.86. The van der Waals surface area contributed by atoms with Gasteiger partial charge in [0.25, 0.3) is 0 Å². The van der Waals surface area contributed by atoms with Crippen LogP contribution in [0.25, 0.3) is 0 Å². The summed E-state index contributed by atoms with van der Waals surface area (Å²) >= 11 is 0. The van der Waals surface area contributed by atoms with Gasteiger partial charge in [0.05, 0.1) is 5.60 Å². The fraction of sp³-hybridized carbons (Fsp3) is 0.500. The second-order valence-electron chi connectivity index (χ2n) is 5.76. The second kappa shape index (κ2) is 7.35. The van der Waals surface area contributed by atoms with E-state index < -0.39 is 23.2 Å². The third kappa shape index (κ3) is 4.80. The van der Waals surface area contributed by atoms with Gasteiger partial charge in [-0.05, 0) is 37.5 Å². The first-order chi connectivity index (χ1) is 10.2. The number of anilines is 1. The van der Waals surface area contributed by atoms with Crippen molar-refractivity contribution >= 4 is 17.5 Å². The molecule has 0 unspecified atom stereocenters. The predicted molar refractivity (Wildman–Crippen MR) is 82.9 cm³/mol. The van der Waals surface area contributed by atoms with E-state index in [2.05, 4.69) is 10.6 Å². The number of rotatable bonds is 5. The van der Waals surface area contributed by atoms with Crippen molar-refractivity contribution in [3.05, 3.63) is 29.6 Å². The number of carbonyl (C=O) groups is 2. The first-order valence-electron chi connectivity index (χ1n) is 7.25. The van der Waals surface area contributed by atoms with Crippen molar-refractivity contribution < 1.29 is 19.1 Å². The molecule has 1 aromatic rings. The van der Waals surface area contributed by atoms with Gasteiger partial charge in [-0.2, -0.15) is 0 Å². The summed E-state index contributed by atoms with van der Waals surface area (Å²) in [6, 6.07) is 3.93. The SMILES string of the molecule is CC[C@@H](C)[C@](C)(O)CNC(=O)C(=O)Nc1cc(F)ccc1C. The standard InChI is InChI=1S/C16H23FN2O3/c1-5-11(3)16(4,22)9-18-14(20)15(21)19-13-8-12(17)7-6-10(13)2/h6-8,11,22H,5,9H2,1-4H3,(H,18,20)(H,19,21)/t11-,16-/m1/s1. The summed E-state index contributed by atoms with van der Waals surface area (Å²) < 4.78 is 13.1. The zero-order valence-electron chi connectivity index (χ0n) is 13.4. The van der Waals surface area contributed by atoms with Gasteiger partial charge in [0.2, 0.25) is 0 Å². The lowest BCUT2D eigenvalue weighted by Gasteiger charge is -2.29. The summed E-state index contributed by atoms with van der Waals surface area (Å²) in [5.74, 6) is -2.29. The van der Waals surface area contributed by atoms with Crippen LogP contribution in [0.4, 0.5) is 10.1 Å². The normalized spacial score (nSPS) is 14.8. The van der Waals surface area contributed by atoms with Crippen molar-refractivity contribution in [2.45, 2.75) is 39.7 Å². The topological polar surface area (TPSA) is 78.4 Å². The molecule has 0 saturated carbocycles. The molecule has 0 saturated heterocycles. The quantitative estimate of drug-likeness (QED) is 0.728. The van der Waals surface area contributed by atoms with Gasteiger partial charge in [0, 0.05) is 12.2 Å². The van der Waals surface area contributed by atoms with Crippen molar-refractivity contribution in [1.29, 1.82) is 0 Å². The predicted octanol–water partition coefficient (Wildman–Crippen LogP) is 1.99. The maximum absolute atomic E-state index is 13.1. The number of aliphatic hydroxyl groups is 1. The van der Waals surface area contributed by atoms with E-state index in [0.29, 0.717) is 5.56 Å². The van der Waals surface area contributed by atoms with Gasteiger partial charge in [-0.1, -0.05) is 26.3 Å². The molecule has 0 heterocycles. The zero-order chi connectivity index (χ0) is 16.9. The van der Waals surface area contributed by atoms with Crippen LogP contribution in [0, 0.1) is 18.7 Å². The number of carbonyl (C=O) groups excluding carboxylic acids is 2. The zero-order valence-corrected chi connectivity index (χ0v) is 13.4. The van der Waals surface area contributed by atoms with E-state index in [1.165, 1.54) is 12.1 Å². The third-order valence-electron chi connectivity index (χ3n) is 3.93. The first kappa shape index (κ1) is 18.1. The van der Waals surface area contributed by atoms with E-state index >= 15 is 0 Å². The van der Waals surface area contributed by atoms with Gasteiger partial charge in [-0.3, -0.25) is 9.59 Å². The molecule has 22 heavy (non-hydrogen) atoms.